The molecule has 0 saturated carbocycles. The second-order valence-electron chi connectivity index (χ2n) is 15.2. The van der Waals surface area contributed by atoms with E-state index in [4.69, 9.17) is 8.83 Å². The summed E-state index contributed by atoms with van der Waals surface area (Å²) in [5.41, 5.74) is 9.13. The minimum Gasteiger partial charge on any atom is -0.456 e. The van der Waals surface area contributed by atoms with Crippen molar-refractivity contribution in [2.24, 2.45) is 0 Å². The zero-order valence-electron chi connectivity index (χ0n) is 30.7. The predicted octanol–water partition coefficient (Wildman–Crippen LogP) is 14.6. The monoisotopic (exact) mass is 728 g/mol. The highest BCUT2D eigenvalue weighted by Gasteiger charge is 2.55. The molecule has 0 spiro atoms. The zero-order chi connectivity index (χ0) is 37.2. The van der Waals surface area contributed by atoms with Gasteiger partial charge >= 0.3 is 0 Å². The largest absolute Gasteiger partial charge is 0.456 e. The number of anilines is 4. The maximum absolute atomic E-state index is 6.65. The first-order valence-electron chi connectivity index (χ1n) is 19.5. The summed E-state index contributed by atoms with van der Waals surface area (Å²) < 4.78 is 13.3. The lowest BCUT2D eigenvalue weighted by Gasteiger charge is -2.47. The molecule has 12 aromatic rings. The third kappa shape index (κ3) is 4.01. The van der Waals surface area contributed by atoms with Gasteiger partial charge in [0.25, 0.3) is 0 Å². The third-order valence-electron chi connectivity index (χ3n) is 12.3. The van der Waals surface area contributed by atoms with E-state index in [1.165, 1.54) is 32.3 Å². The Kier molecular flexibility index (Phi) is 6.07. The van der Waals surface area contributed by atoms with Gasteiger partial charge in [-0.05, 0) is 57.9 Å². The Hall–Kier alpha value is -7.56. The summed E-state index contributed by atoms with van der Waals surface area (Å²) in [7, 11) is 0. The van der Waals surface area contributed by atoms with Gasteiger partial charge in [-0.3, -0.25) is 0 Å². The van der Waals surface area contributed by atoms with Gasteiger partial charge in [-0.25, -0.2) is 0 Å². The quantitative estimate of drug-likeness (QED) is 0.169. The Balaban J connectivity index is 1.25. The standard InChI is InChI=1S/C53H32N2O2/c1-3-15-35(16-4-1)53(36-17-5-2-6-18-36)54(37-27-29-41-39-19-7-9-23-45(39)56-47(41)31-37)51-43-21-11-13-33-25-26-34-14-12-22-44(50(34)49(33)43)52(51)55(53)38-28-30-42-40-20-8-10-24-46(40)57-48(42)32-38/h1-32H. The molecule has 4 nitrogen and oxygen atoms in total. The lowest BCUT2D eigenvalue weighted by atomic mass is 9.87. The lowest BCUT2D eigenvalue weighted by Crippen LogP contribution is -2.51. The molecule has 0 saturated heterocycles. The molecule has 3 heterocycles. The Labute approximate surface area is 327 Å². The average Bonchev–Trinajstić information content (AvgIpc) is 3.94. The summed E-state index contributed by atoms with van der Waals surface area (Å²) in [6.07, 6.45) is 0. The van der Waals surface area contributed by atoms with Crippen LogP contribution in [0.3, 0.4) is 0 Å². The van der Waals surface area contributed by atoms with Gasteiger partial charge in [0.2, 0.25) is 0 Å². The van der Waals surface area contributed by atoms with Crippen molar-refractivity contribution in [3.63, 3.8) is 0 Å². The minimum absolute atomic E-state index is 0.851. The van der Waals surface area contributed by atoms with Crippen molar-refractivity contribution in [2.45, 2.75) is 5.66 Å². The van der Waals surface area contributed by atoms with Crippen molar-refractivity contribution in [3.8, 4) is 0 Å². The molecule has 1 aliphatic heterocycles. The molecule has 13 rings (SSSR count). The van der Waals surface area contributed by atoms with Crippen LogP contribution in [0.5, 0.6) is 0 Å². The van der Waals surface area contributed by atoms with E-state index in [1.807, 2.05) is 12.1 Å². The van der Waals surface area contributed by atoms with Gasteiger partial charge in [0, 0.05) is 67.0 Å². The van der Waals surface area contributed by atoms with Gasteiger partial charge in [-0.1, -0.05) is 146 Å². The number of rotatable bonds is 4. The molecule has 1 aliphatic rings. The van der Waals surface area contributed by atoms with Gasteiger partial charge in [-0.2, -0.15) is 0 Å². The number of hydrogen-bond donors (Lipinski definition) is 0. The van der Waals surface area contributed by atoms with Crippen molar-refractivity contribution in [3.05, 3.63) is 205 Å². The van der Waals surface area contributed by atoms with Crippen molar-refractivity contribution < 1.29 is 8.83 Å². The van der Waals surface area contributed by atoms with E-state index in [2.05, 4.69) is 192 Å². The van der Waals surface area contributed by atoms with Crippen LogP contribution in [-0.4, -0.2) is 0 Å². The first-order valence-corrected chi connectivity index (χ1v) is 19.5. The second-order valence-corrected chi connectivity index (χ2v) is 15.2. The Morgan fingerprint density at radius 3 is 1.19 bits per heavy atom. The Morgan fingerprint density at radius 1 is 0.316 bits per heavy atom. The fraction of sp³-hybridized carbons (Fsp3) is 0.0189. The normalized spacial score (nSPS) is 14.0. The van der Waals surface area contributed by atoms with Crippen molar-refractivity contribution in [1.29, 1.82) is 0 Å². The maximum Gasteiger partial charge on any atom is 0.175 e. The summed E-state index contributed by atoms with van der Waals surface area (Å²) in [5.74, 6) is 0. The highest BCUT2D eigenvalue weighted by molar-refractivity contribution is 6.32. The van der Waals surface area contributed by atoms with Crippen LogP contribution in [0.25, 0.3) is 76.2 Å². The molecule has 0 bridgehead atoms. The molecule has 0 amide bonds. The molecular formula is C53H32N2O2. The minimum atomic E-state index is -0.918. The maximum atomic E-state index is 6.65. The number of benzene rings is 10. The summed E-state index contributed by atoms with van der Waals surface area (Å²) >= 11 is 0. The molecule has 4 heteroatoms. The summed E-state index contributed by atoms with van der Waals surface area (Å²) in [6.45, 7) is 0. The fourth-order valence-electron chi connectivity index (χ4n) is 10.0. The smallest absolute Gasteiger partial charge is 0.175 e. The molecular weight excluding hydrogens is 697 g/mol. The molecule has 0 N–H and O–H groups in total. The third-order valence-corrected chi connectivity index (χ3v) is 12.3. The molecule has 266 valence electrons. The summed E-state index contributed by atoms with van der Waals surface area (Å²) in [6, 6.07) is 70.2. The van der Waals surface area contributed by atoms with Crippen LogP contribution in [0.1, 0.15) is 11.1 Å². The van der Waals surface area contributed by atoms with Crippen molar-refractivity contribution in [2.75, 3.05) is 9.80 Å². The van der Waals surface area contributed by atoms with Crippen LogP contribution in [0.4, 0.5) is 22.7 Å². The van der Waals surface area contributed by atoms with E-state index in [-0.39, 0.29) is 0 Å². The predicted molar refractivity (Wildman–Crippen MR) is 236 cm³/mol. The summed E-state index contributed by atoms with van der Waals surface area (Å²) in [5, 5.41) is 11.8. The van der Waals surface area contributed by atoms with Gasteiger partial charge < -0.3 is 18.6 Å². The van der Waals surface area contributed by atoms with Gasteiger partial charge in [0.1, 0.15) is 22.3 Å². The van der Waals surface area contributed by atoms with E-state index in [1.54, 1.807) is 0 Å². The number of fused-ring (bicyclic) bond motifs is 9. The number of hydrogen-bond acceptors (Lipinski definition) is 4. The van der Waals surface area contributed by atoms with E-state index in [0.717, 1.165) is 77.8 Å². The van der Waals surface area contributed by atoms with Crippen molar-refractivity contribution in [1.82, 2.24) is 0 Å². The molecule has 0 unspecified atom stereocenters. The number of furan rings is 2. The SMILES string of the molecule is c1ccc(C2(c3ccccc3)N(c3ccc4c(c3)oc3ccccc34)c3c(c4cccc5ccc6cccc3c6c54)N2c2ccc3c(c2)oc2ccccc23)cc1. The Bertz CT molecular complexity index is 3310. The van der Waals surface area contributed by atoms with Gasteiger partial charge in [-0.15, -0.1) is 0 Å². The first-order chi connectivity index (χ1) is 28.3. The molecule has 2 aromatic heterocycles. The second kappa shape index (κ2) is 11.2. The number of nitrogens with zero attached hydrogens (tertiary/aromatic N) is 2. The zero-order valence-corrected chi connectivity index (χ0v) is 30.7. The fourth-order valence-corrected chi connectivity index (χ4v) is 10.0. The average molecular weight is 729 g/mol. The lowest BCUT2D eigenvalue weighted by molar-refractivity contribution is 0.560. The molecule has 0 atom stereocenters. The van der Waals surface area contributed by atoms with Crippen LogP contribution >= 0.6 is 0 Å². The van der Waals surface area contributed by atoms with Crippen LogP contribution in [0, 0.1) is 0 Å². The van der Waals surface area contributed by atoms with Crippen LogP contribution in [0.15, 0.2) is 203 Å². The molecule has 0 aliphatic carbocycles. The summed E-state index contributed by atoms with van der Waals surface area (Å²) in [4.78, 5) is 5.18. The molecule has 0 radical (unpaired) electrons. The van der Waals surface area contributed by atoms with E-state index >= 15 is 0 Å². The van der Waals surface area contributed by atoms with E-state index < -0.39 is 5.66 Å². The van der Waals surface area contributed by atoms with Crippen molar-refractivity contribution >= 4 is 98.9 Å². The van der Waals surface area contributed by atoms with Crippen LogP contribution in [0.2, 0.25) is 0 Å². The van der Waals surface area contributed by atoms with Crippen LogP contribution < -0.4 is 9.80 Å². The van der Waals surface area contributed by atoms with E-state index in [0.29, 0.717) is 0 Å². The number of para-hydroxylation sites is 2. The first kappa shape index (κ1) is 30.7. The molecule has 57 heavy (non-hydrogen) atoms. The molecule has 10 aromatic carbocycles. The van der Waals surface area contributed by atoms with Gasteiger partial charge in [0.05, 0.1) is 11.4 Å². The van der Waals surface area contributed by atoms with E-state index in [9.17, 15) is 0 Å². The van der Waals surface area contributed by atoms with Crippen LogP contribution in [-0.2, 0) is 5.66 Å². The highest BCUT2D eigenvalue weighted by Crippen LogP contribution is 2.64. The topological polar surface area (TPSA) is 32.8 Å². The highest BCUT2D eigenvalue weighted by atomic mass is 16.3. The molecule has 0 fully saturated rings. The Morgan fingerprint density at radius 2 is 0.719 bits per heavy atom. The van der Waals surface area contributed by atoms with Gasteiger partial charge in [0.15, 0.2) is 5.66 Å².